The number of hydrogen-bond donors (Lipinski definition) is 1. The van der Waals surface area contributed by atoms with Gasteiger partial charge in [0.05, 0.1) is 11.5 Å². The fourth-order valence-electron chi connectivity index (χ4n) is 3.28. The first-order valence-electron chi connectivity index (χ1n) is 10.7. The molecule has 2 aromatic carbocycles. The lowest BCUT2D eigenvalue weighted by Gasteiger charge is -2.27. The largest absolute Gasteiger partial charge is 0.464 e. The van der Waals surface area contributed by atoms with Gasteiger partial charge >= 0.3 is 18.2 Å². The van der Waals surface area contributed by atoms with Crippen LogP contribution in [0.4, 0.5) is 9.59 Å². The molecular weight excluding hydrogens is 474 g/mol. The number of carboxylic acid groups (broad SMARTS) is 1. The third-order valence-corrected chi connectivity index (χ3v) is 5.17. The predicted molar refractivity (Wildman–Crippen MR) is 129 cm³/mol. The second kappa shape index (κ2) is 10.6. The smallest absolute Gasteiger partial charge is 0.417 e. The number of hydrogen-bond acceptors (Lipinski definition) is 6. The van der Waals surface area contributed by atoms with Crippen LogP contribution in [0.1, 0.15) is 48.4 Å². The van der Waals surface area contributed by atoms with Crippen LogP contribution in [0.3, 0.4) is 0 Å². The first kappa shape index (κ1) is 25.8. The molecule has 0 saturated carbocycles. The molecule has 0 bridgehead atoms. The molecule has 1 unspecified atom stereocenters. The summed E-state index contributed by atoms with van der Waals surface area (Å²) in [6.45, 7) is 5.38. The van der Waals surface area contributed by atoms with Crippen LogP contribution >= 0.6 is 11.6 Å². The lowest BCUT2D eigenvalue weighted by molar-refractivity contribution is 0.0292. The summed E-state index contributed by atoms with van der Waals surface area (Å²) in [7, 11) is 1.57. The lowest BCUT2D eigenvalue weighted by Crippen LogP contribution is -2.37. The van der Waals surface area contributed by atoms with E-state index in [-0.39, 0.29) is 12.4 Å². The van der Waals surface area contributed by atoms with E-state index in [1.807, 2.05) is 0 Å². The molecular formula is C25H26ClN3O6. The summed E-state index contributed by atoms with van der Waals surface area (Å²) < 4.78 is 11.8. The predicted octanol–water partition coefficient (Wildman–Crippen LogP) is 5.28. The van der Waals surface area contributed by atoms with Crippen LogP contribution in [0.15, 0.2) is 60.9 Å². The summed E-state index contributed by atoms with van der Waals surface area (Å²) in [5, 5.41) is 10.1. The van der Waals surface area contributed by atoms with Crippen molar-refractivity contribution in [2.75, 3.05) is 13.6 Å². The molecule has 10 heteroatoms. The molecule has 0 aliphatic rings. The van der Waals surface area contributed by atoms with Gasteiger partial charge in [-0.1, -0.05) is 23.7 Å². The molecule has 0 spiro atoms. The van der Waals surface area contributed by atoms with Crippen molar-refractivity contribution in [3.05, 3.63) is 82.9 Å². The van der Waals surface area contributed by atoms with Gasteiger partial charge in [0.25, 0.3) is 0 Å². The van der Waals surface area contributed by atoms with E-state index in [9.17, 15) is 19.5 Å². The molecule has 9 nitrogen and oxygen atoms in total. The topological polar surface area (TPSA) is 111 Å². The summed E-state index contributed by atoms with van der Waals surface area (Å²) in [4.78, 5) is 42.2. The number of halogens is 1. The summed E-state index contributed by atoms with van der Waals surface area (Å²) >= 11 is 5.86. The molecule has 0 fully saturated rings. The van der Waals surface area contributed by atoms with Crippen LogP contribution in [0.25, 0.3) is 0 Å². The number of imidazole rings is 1. The molecule has 1 aromatic heterocycles. The van der Waals surface area contributed by atoms with Gasteiger partial charge in [0.1, 0.15) is 17.2 Å². The Morgan fingerprint density at radius 1 is 1.09 bits per heavy atom. The van der Waals surface area contributed by atoms with Crippen molar-refractivity contribution in [3.63, 3.8) is 0 Å². The second-order valence-electron chi connectivity index (χ2n) is 8.82. The van der Waals surface area contributed by atoms with Gasteiger partial charge in [0, 0.05) is 31.0 Å². The molecule has 35 heavy (non-hydrogen) atoms. The first-order valence-corrected chi connectivity index (χ1v) is 11.1. The zero-order valence-electron chi connectivity index (χ0n) is 19.8. The fraction of sp³-hybridized carbons (Fsp3) is 0.280. The van der Waals surface area contributed by atoms with Crippen LogP contribution < -0.4 is 4.74 Å². The van der Waals surface area contributed by atoms with Crippen molar-refractivity contribution in [2.24, 2.45) is 0 Å². The zero-order valence-corrected chi connectivity index (χ0v) is 20.5. The van der Waals surface area contributed by atoms with Gasteiger partial charge in [0.15, 0.2) is 0 Å². The zero-order chi connectivity index (χ0) is 25.8. The highest BCUT2D eigenvalue weighted by atomic mass is 35.5. The van der Waals surface area contributed by atoms with E-state index in [0.29, 0.717) is 21.9 Å². The van der Waals surface area contributed by atoms with E-state index in [1.165, 1.54) is 17.3 Å². The number of nitrogens with zero attached hydrogens (tertiary/aromatic N) is 3. The Kier molecular flexibility index (Phi) is 7.81. The van der Waals surface area contributed by atoms with Gasteiger partial charge in [-0.25, -0.2) is 23.9 Å². The molecule has 3 rings (SSSR count). The Balaban J connectivity index is 1.85. The van der Waals surface area contributed by atoms with Crippen molar-refractivity contribution < 1.29 is 29.0 Å². The van der Waals surface area contributed by atoms with Crippen molar-refractivity contribution in [2.45, 2.75) is 32.3 Å². The number of amides is 1. The number of carbonyl (C=O) groups is 3. The molecule has 0 aliphatic heterocycles. The number of rotatable bonds is 6. The third kappa shape index (κ3) is 6.83. The molecule has 0 saturated heterocycles. The molecule has 1 heterocycles. The highest BCUT2D eigenvalue weighted by molar-refractivity contribution is 6.30. The van der Waals surface area contributed by atoms with Crippen LogP contribution in [0.2, 0.25) is 5.02 Å². The van der Waals surface area contributed by atoms with E-state index in [0.717, 1.165) is 4.57 Å². The number of esters is 1. The van der Waals surface area contributed by atoms with Gasteiger partial charge < -0.3 is 19.5 Å². The van der Waals surface area contributed by atoms with E-state index in [2.05, 4.69) is 4.98 Å². The Hall–Kier alpha value is -3.85. The maximum atomic E-state index is 12.5. The minimum atomic E-state index is -1.20. The summed E-state index contributed by atoms with van der Waals surface area (Å²) in [6.07, 6.45) is 0.965. The van der Waals surface area contributed by atoms with Gasteiger partial charge in [-0.15, -0.1) is 0 Å². The van der Waals surface area contributed by atoms with Crippen LogP contribution in [-0.4, -0.2) is 56.9 Å². The van der Waals surface area contributed by atoms with Gasteiger partial charge in [-0.05, 0) is 62.7 Å². The maximum Gasteiger partial charge on any atom is 0.417 e. The maximum absolute atomic E-state index is 12.5. The van der Waals surface area contributed by atoms with Crippen molar-refractivity contribution in [1.82, 2.24) is 14.5 Å². The average Bonchev–Trinajstić information content (AvgIpc) is 3.27. The Bertz CT molecular complexity index is 1200. The van der Waals surface area contributed by atoms with E-state index >= 15 is 0 Å². The quantitative estimate of drug-likeness (QED) is 0.362. The highest BCUT2D eigenvalue weighted by Crippen LogP contribution is 2.27. The van der Waals surface area contributed by atoms with Gasteiger partial charge in [-0.3, -0.25) is 0 Å². The number of likely N-dealkylation sites (N-methyl/N-ethyl adjacent to an activating group) is 1. The molecule has 0 radical (unpaired) electrons. The Labute approximate surface area is 207 Å². The summed E-state index contributed by atoms with van der Waals surface area (Å²) in [5.41, 5.74) is 0.329. The summed E-state index contributed by atoms with van der Waals surface area (Å²) in [6, 6.07) is 12.9. The second-order valence-corrected chi connectivity index (χ2v) is 9.25. The molecule has 3 aromatic rings. The van der Waals surface area contributed by atoms with Crippen LogP contribution in [0.5, 0.6) is 5.75 Å². The average molecular weight is 500 g/mol. The Morgan fingerprint density at radius 2 is 1.71 bits per heavy atom. The minimum Gasteiger partial charge on any atom is -0.464 e. The highest BCUT2D eigenvalue weighted by Gasteiger charge is 2.27. The normalized spacial score (nSPS) is 12.0. The lowest BCUT2D eigenvalue weighted by atomic mass is 9.97. The molecule has 1 N–H and O–H groups in total. The van der Waals surface area contributed by atoms with E-state index < -0.39 is 29.7 Å². The standard InChI is InChI=1S/C25H26ClN3O6/c1-25(2,3)35-24(33)28(4)15-20(21-27-13-14-29(21)23(31)32)16-7-11-19(12-8-16)34-22(30)17-5-9-18(26)10-6-17/h5-14,20H,15H2,1-4H3,(H,31,32). The third-order valence-electron chi connectivity index (χ3n) is 4.92. The molecule has 184 valence electrons. The number of aromatic nitrogens is 2. The van der Waals surface area contributed by atoms with Crippen LogP contribution in [-0.2, 0) is 4.74 Å². The van der Waals surface area contributed by atoms with E-state index in [1.54, 1.807) is 76.3 Å². The first-order chi connectivity index (χ1) is 16.4. The monoisotopic (exact) mass is 499 g/mol. The fourth-order valence-corrected chi connectivity index (χ4v) is 3.41. The molecule has 1 atom stereocenters. The van der Waals surface area contributed by atoms with Gasteiger partial charge in [0.2, 0.25) is 0 Å². The Morgan fingerprint density at radius 3 is 2.29 bits per heavy atom. The number of benzene rings is 2. The van der Waals surface area contributed by atoms with Crippen molar-refractivity contribution in [1.29, 1.82) is 0 Å². The summed E-state index contributed by atoms with van der Waals surface area (Å²) in [5.74, 6) is -0.606. The van der Waals surface area contributed by atoms with Crippen molar-refractivity contribution in [3.8, 4) is 5.75 Å². The van der Waals surface area contributed by atoms with E-state index in [4.69, 9.17) is 21.1 Å². The van der Waals surface area contributed by atoms with Crippen molar-refractivity contribution >= 4 is 29.8 Å². The minimum absolute atomic E-state index is 0.100. The number of ether oxygens (including phenoxy) is 2. The number of carbonyl (C=O) groups excluding carboxylic acids is 2. The molecule has 0 aliphatic carbocycles. The van der Waals surface area contributed by atoms with Gasteiger partial charge in [-0.2, -0.15) is 0 Å². The van der Waals surface area contributed by atoms with Crippen LogP contribution in [0, 0.1) is 0 Å². The molecule has 1 amide bonds. The SMILES string of the molecule is CN(CC(c1ccc(OC(=O)c2ccc(Cl)cc2)cc1)c1nccn1C(=O)O)C(=O)OC(C)(C)C.